The molecular weight excluding hydrogens is 589 g/mol. The predicted octanol–water partition coefficient (Wildman–Crippen LogP) is 8.63. The molecule has 1 amide bonds. The number of carbonyl (C=O) groups is 1. The maximum absolute atomic E-state index is 13.4. The van der Waals surface area contributed by atoms with Crippen LogP contribution in [0.4, 0.5) is 10.1 Å². The number of amides is 1. The zero-order valence-corrected chi connectivity index (χ0v) is 29.5. The second-order valence-electron chi connectivity index (χ2n) is 11.8. The molecule has 254 valence electrons. The van der Waals surface area contributed by atoms with Gasteiger partial charge in [-0.3, -0.25) is 19.7 Å². The Labute approximate surface area is 282 Å². The molecule has 0 radical (unpaired) electrons. The quantitative estimate of drug-likeness (QED) is 0.260. The van der Waals surface area contributed by atoms with Crippen molar-refractivity contribution < 1.29 is 13.9 Å². The molecule has 2 saturated heterocycles. The van der Waals surface area contributed by atoms with Gasteiger partial charge in [0.1, 0.15) is 5.82 Å². The number of halogens is 1. The fraction of sp³-hybridized carbons (Fsp3) is 0.487. The summed E-state index contributed by atoms with van der Waals surface area (Å²) in [4.78, 5) is 22.8. The highest BCUT2D eigenvalue weighted by molar-refractivity contribution is 5.94. The summed E-state index contributed by atoms with van der Waals surface area (Å²) in [5.41, 5.74) is 12.1. The van der Waals surface area contributed by atoms with E-state index in [0.717, 1.165) is 73.7 Å². The summed E-state index contributed by atoms with van der Waals surface area (Å²) in [7, 11) is 0. The van der Waals surface area contributed by atoms with Crippen LogP contribution in [-0.4, -0.2) is 53.8 Å². The Morgan fingerprint density at radius 3 is 2.23 bits per heavy atom. The van der Waals surface area contributed by atoms with Crippen LogP contribution in [0.5, 0.6) is 0 Å². The van der Waals surface area contributed by atoms with Gasteiger partial charge >= 0.3 is 0 Å². The molecule has 1 unspecified atom stereocenters. The van der Waals surface area contributed by atoms with Gasteiger partial charge in [0, 0.05) is 36.0 Å². The van der Waals surface area contributed by atoms with Crippen molar-refractivity contribution in [1.29, 1.82) is 5.26 Å². The number of piperidine rings is 1. The summed E-state index contributed by atoms with van der Waals surface area (Å²) in [5, 5.41) is 8.45. The van der Waals surface area contributed by atoms with Gasteiger partial charge in [-0.25, -0.2) is 4.39 Å². The van der Waals surface area contributed by atoms with Gasteiger partial charge in [-0.15, -0.1) is 0 Å². The van der Waals surface area contributed by atoms with Crippen LogP contribution < -0.4 is 5.73 Å². The van der Waals surface area contributed by atoms with Crippen LogP contribution >= 0.6 is 0 Å². The van der Waals surface area contributed by atoms with E-state index < -0.39 is 5.91 Å². The van der Waals surface area contributed by atoms with Crippen molar-refractivity contribution in [1.82, 2.24) is 9.88 Å². The molecule has 2 aromatic carbocycles. The second kappa shape index (κ2) is 21.0. The van der Waals surface area contributed by atoms with Crippen molar-refractivity contribution in [2.45, 2.75) is 99.0 Å². The van der Waals surface area contributed by atoms with E-state index in [2.05, 4.69) is 29.8 Å². The van der Waals surface area contributed by atoms with Gasteiger partial charge in [0.05, 0.1) is 29.1 Å². The summed E-state index contributed by atoms with van der Waals surface area (Å²) < 4.78 is 18.7. The Morgan fingerprint density at radius 2 is 1.74 bits per heavy atom. The summed E-state index contributed by atoms with van der Waals surface area (Å²) >= 11 is 0. The van der Waals surface area contributed by atoms with Crippen LogP contribution in [0, 0.1) is 31.0 Å². The van der Waals surface area contributed by atoms with E-state index in [4.69, 9.17) is 20.7 Å². The molecular formula is C39H54FN5O2. The number of hydrogen-bond acceptors (Lipinski definition) is 6. The van der Waals surface area contributed by atoms with Crippen molar-refractivity contribution >= 4 is 17.3 Å². The Bertz CT molecular complexity index is 1450. The first-order valence-corrected chi connectivity index (χ1v) is 17.0. The third-order valence-corrected chi connectivity index (χ3v) is 8.26. The van der Waals surface area contributed by atoms with E-state index in [1.54, 1.807) is 19.1 Å². The number of benzene rings is 2. The Morgan fingerprint density at radius 1 is 1.06 bits per heavy atom. The first-order valence-electron chi connectivity index (χ1n) is 17.0. The summed E-state index contributed by atoms with van der Waals surface area (Å²) in [6, 6.07) is 18.4. The van der Waals surface area contributed by atoms with E-state index in [9.17, 15) is 9.18 Å². The standard InChI is InChI=1S/C22H27FN4O.C9H9N.C6H12O.C2H6/c1-14-12-18(22(24)28)4-6-20(14)25-15(2)13-27-10-8-17(9-11-27)21-7-5-19(23)16(3)26-21;1-2-8-3-5-9(7-10)6-4-8;1-2-6-4-3-5-7-6;1-2/h4-7,12,17H,8-11,13H2,1-3H3,(H2,24,28);3-6H,2H2,1H3;6H,2-5H2,1H3;1-2H3. The topological polar surface area (TPSA) is 105 Å². The lowest BCUT2D eigenvalue weighted by Crippen LogP contribution is -2.36. The number of aromatic nitrogens is 1. The predicted molar refractivity (Wildman–Crippen MR) is 191 cm³/mol. The van der Waals surface area contributed by atoms with Gasteiger partial charge in [0.25, 0.3) is 0 Å². The van der Waals surface area contributed by atoms with Crippen LogP contribution in [0.15, 0.2) is 59.6 Å². The van der Waals surface area contributed by atoms with Gasteiger partial charge in [0.15, 0.2) is 0 Å². The van der Waals surface area contributed by atoms with Gasteiger partial charge in [-0.05, 0) is 126 Å². The molecule has 5 rings (SSSR count). The molecule has 7 nitrogen and oxygen atoms in total. The van der Waals surface area contributed by atoms with Crippen molar-refractivity contribution in [3.63, 3.8) is 0 Å². The first kappa shape index (κ1) is 39.2. The summed E-state index contributed by atoms with van der Waals surface area (Å²) in [6.07, 6.45) is 7.41. The number of aryl methyl sites for hydroxylation is 3. The maximum atomic E-state index is 13.4. The van der Waals surface area contributed by atoms with E-state index in [1.165, 1.54) is 30.9 Å². The number of hydrogen-bond donors (Lipinski definition) is 1. The molecule has 2 fully saturated rings. The van der Waals surface area contributed by atoms with E-state index >= 15 is 0 Å². The number of rotatable bonds is 7. The smallest absolute Gasteiger partial charge is 0.248 e. The molecule has 2 N–H and O–H groups in total. The van der Waals surface area contributed by atoms with E-state index in [1.807, 2.05) is 64.1 Å². The molecule has 2 aliphatic rings. The highest BCUT2D eigenvalue weighted by Gasteiger charge is 2.22. The van der Waals surface area contributed by atoms with Crippen LogP contribution in [-0.2, 0) is 11.2 Å². The molecule has 1 aromatic heterocycles. The molecule has 0 bridgehead atoms. The largest absolute Gasteiger partial charge is 0.378 e. The van der Waals surface area contributed by atoms with E-state index in [0.29, 0.717) is 23.3 Å². The van der Waals surface area contributed by atoms with Gasteiger partial charge in [-0.2, -0.15) is 5.26 Å². The zero-order chi connectivity index (χ0) is 34.8. The second-order valence-corrected chi connectivity index (χ2v) is 11.8. The first-order chi connectivity index (χ1) is 22.6. The molecule has 0 aliphatic carbocycles. The fourth-order valence-corrected chi connectivity index (χ4v) is 5.46. The average molecular weight is 644 g/mol. The lowest BCUT2D eigenvalue weighted by Gasteiger charge is -2.31. The number of primary amides is 1. The lowest BCUT2D eigenvalue weighted by atomic mass is 9.92. The van der Waals surface area contributed by atoms with E-state index in [-0.39, 0.29) is 5.82 Å². The minimum Gasteiger partial charge on any atom is -0.378 e. The van der Waals surface area contributed by atoms with Crippen molar-refractivity contribution in [2.75, 3.05) is 26.2 Å². The van der Waals surface area contributed by atoms with Crippen molar-refractivity contribution in [2.24, 2.45) is 10.7 Å². The minimum absolute atomic E-state index is 0.243. The molecule has 1 atom stereocenters. The van der Waals surface area contributed by atoms with Crippen LogP contribution in [0.3, 0.4) is 0 Å². The fourth-order valence-electron chi connectivity index (χ4n) is 5.46. The highest BCUT2D eigenvalue weighted by Crippen LogP contribution is 2.27. The van der Waals surface area contributed by atoms with Gasteiger partial charge < -0.3 is 10.5 Å². The molecule has 47 heavy (non-hydrogen) atoms. The highest BCUT2D eigenvalue weighted by atomic mass is 19.1. The molecule has 2 aliphatic heterocycles. The molecule has 0 saturated carbocycles. The zero-order valence-electron chi connectivity index (χ0n) is 29.5. The maximum Gasteiger partial charge on any atom is 0.248 e. The molecule has 0 spiro atoms. The Hall–Kier alpha value is -3.93. The Kier molecular flexibility index (Phi) is 17.6. The normalized spacial score (nSPS) is 16.4. The molecule has 8 heteroatoms. The van der Waals surface area contributed by atoms with Crippen LogP contribution in [0.25, 0.3) is 0 Å². The number of pyridine rings is 1. The van der Waals surface area contributed by atoms with Gasteiger partial charge in [0.2, 0.25) is 5.91 Å². The van der Waals surface area contributed by atoms with Crippen molar-refractivity contribution in [3.05, 3.63) is 94.1 Å². The Balaban J connectivity index is 0.000000327. The van der Waals surface area contributed by atoms with Crippen LogP contribution in [0.2, 0.25) is 0 Å². The summed E-state index contributed by atoms with van der Waals surface area (Å²) in [6.45, 7) is 17.7. The third-order valence-electron chi connectivity index (χ3n) is 8.26. The monoisotopic (exact) mass is 643 g/mol. The number of likely N-dealkylation sites (tertiary alicyclic amines) is 1. The SMILES string of the molecule is CC.CC(CN1CCC(c2ccc(F)c(C)n2)CC1)=Nc1ccc(C(N)=O)cc1C.CCC1CCCO1.CCc1ccc(C#N)cc1. The van der Waals surface area contributed by atoms with Crippen LogP contribution in [0.1, 0.15) is 111 Å². The number of ether oxygens (including phenoxy) is 1. The number of nitrogens with zero attached hydrogens (tertiary/aromatic N) is 4. The number of aliphatic imine (C=N–C) groups is 1. The van der Waals surface area contributed by atoms with Crippen molar-refractivity contribution in [3.8, 4) is 6.07 Å². The lowest BCUT2D eigenvalue weighted by molar-refractivity contribution is 0.1000. The number of nitrogens with two attached hydrogens (primary N) is 1. The van der Waals surface area contributed by atoms with Gasteiger partial charge in [-0.1, -0.05) is 39.8 Å². The number of nitriles is 1. The molecule has 3 aromatic rings. The number of carbonyl (C=O) groups excluding carboxylic acids is 1. The summed E-state index contributed by atoms with van der Waals surface area (Å²) in [5.74, 6) is -0.285. The average Bonchev–Trinajstić information content (AvgIpc) is 3.63. The third kappa shape index (κ3) is 13.4. The molecule has 3 heterocycles. The minimum atomic E-state index is -0.427.